The third-order valence-electron chi connectivity index (χ3n) is 3.90. The molecule has 19 heavy (non-hydrogen) atoms. The van der Waals surface area contributed by atoms with Gasteiger partial charge >= 0.3 is 0 Å². The van der Waals surface area contributed by atoms with Crippen LogP contribution in [0.3, 0.4) is 0 Å². The Labute approximate surface area is 116 Å². The summed E-state index contributed by atoms with van der Waals surface area (Å²) < 4.78 is 5.82. The summed E-state index contributed by atoms with van der Waals surface area (Å²) in [6.45, 7) is 8.80. The van der Waals surface area contributed by atoms with E-state index in [2.05, 4.69) is 44.3 Å². The molecule has 1 aliphatic heterocycles. The average molecular weight is 262 g/mol. The summed E-state index contributed by atoms with van der Waals surface area (Å²) in [6, 6.07) is 6.84. The summed E-state index contributed by atoms with van der Waals surface area (Å²) in [7, 11) is 0. The molecular formula is C16H26N2O. The maximum Gasteiger partial charge on any atom is 0.0779 e. The summed E-state index contributed by atoms with van der Waals surface area (Å²) >= 11 is 0. The lowest BCUT2D eigenvalue weighted by atomic mass is 9.99. The summed E-state index contributed by atoms with van der Waals surface area (Å²) in [4.78, 5) is 0. The van der Waals surface area contributed by atoms with Crippen LogP contribution in [0, 0.1) is 13.8 Å². The Kier molecular flexibility index (Phi) is 4.61. The number of benzene rings is 1. The first kappa shape index (κ1) is 14.5. The van der Waals surface area contributed by atoms with Crippen LogP contribution in [0.15, 0.2) is 18.2 Å². The third-order valence-corrected chi connectivity index (χ3v) is 3.90. The molecule has 3 nitrogen and oxygen atoms in total. The highest BCUT2D eigenvalue weighted by molar-refractivity contribution is 5.30. The van der Waals surface area contributed by atoms with Crippen LogP contribution in [-0.4, -0.2) is 25.3 Å². The summed E-state index contributed by atoms with van der Waals surface area (Å²) in [6.07, 6.45) is 2.29. The van der Waals surface area contributed by atoms with Crippen LogP contribution in [0.25, 0.3) is 0 Å². The minimum atomic E-state index is -0.0215. The molecular weight excluding hydrogens is 236 g/mol. The number of hydrogen-bond acceptors (Lipinski definition) is 3. The van der Waals surface area contributed by atoms with Crippen molar-refractivity contribution in [2.24, 2.45) is 5.73 Å². The molecule has 0 radical (unpaired) electrons. The molecule has 2 unspecified atom stereocenters. The van der Waals surface area contributed by atoms with Gasteiger partial charge in [0.25, 0.3) is 0 Å². The lowest BCUT2D eigenvalue weighted by Gasteiger charge is -2.27. The first-order valence-corrected chi connectivity index (χ1v) is 7.18. The monoisotopic (exact) mass is 262 g/mol. The van der Waals surface area contributed by atoms with E-state index in [9.17, 15) is 0 Å². The second-order valence-electron chi connectivity index (χ2n) is 5.99. The standard InChI is InChI=1S/C16H26N2O/c1-12-7-13(2)9-14(8-12)15(10-17)18-11-16(3)5-4-6-19-16/h7-9,15,18H,4-6,10-11,17H2,1-3H3. The molecule has 3 heteroatoms. The van der Waals surface area contributed by atoms with Crippen LogP contribution in [0.2, 0.25) is 0 Å². The van der Waals surface area contributed by atoms with E-state index in [4.69, 9.17) is 10.5 Å². The minimum Gasteiger partial charge on any atom is -0.374 e. The van der Waals surface area contributed by atoms with Crippen molar-refractivity contribution in [3.8, 4) is 0 Å². The maximum atomic E-state index is 5.93. The second kappa shape index (κ2) is 6.04. The van der Waals surface area contributed by atoms with Gasteiger partial charge in [-0.1, -0.05) is 29.3 Å². The van der Waals surface area contributed by atoms with Crippen LogP contribution in [0.4, 0.5) is 0 Å². The van der Waals surface area contributed by atoms with Gasteiger partial charge in [0.2, 0.25) is 0 Å². The Balaban J connectivity index is 2.03. The summed E-state index contributed by atoms with van der Waals surface area (Å²) in [5.41, 5.74) is 9.77. The number of rotatable bonds is 5. The Hall–Kier alpha value is -0.900. The Bertz CT molecular complexity index is 405. The first-order chi connectivity index (χ1) is 9.02. The zero-order valence-electron chi connectivity index (χ0n) is 12.3. The van der Waals surface area contributed by atoms with Crippen LogP contribution in [0.5, 0.6) is 0 Å². The first-order valence-electron chi connectivity index (χ1n) is 7.18. The highest BCUT2D eigenvalue weighted by Gasteiger charge is 2.30. The number of aryl methyl sites for hydroxylation is 2. The highest BCUT2D eigenvalue weighted by Crippen LogP contribution is 2.25. The van der Waals surface area contributed by atoms with E-state index in [-0.39, 0.29) is 11.6 Å². The van der Waals surface area contributed by atoms with Crippen molar-refractivity contribution in [1.82, 2.24) is 5.32 Å². The van der Waals surface area contributed by atoms with Gasteiger partial charge < -0.3 is 15.8 Å². The SMILES string of the molecule is Cc1cc(C)cc(C(CN)NCC2(C)CCCO2)c1. The van der Waals surface area contributed by atoms with Gasteiger partial charge in [0.1, 0.15) is 0 Å². The predicted molar refractivity (Wildman–Crippen MR) is 79.3 cm³/mol. The summed E-state index contributed by atoms with van der Waals surface area (Å²) in [5.74, 6) is 0. The molecule has 2 atom stereocenters. The molecule has 0 bridgehead atoms. The van der Waals surface area contributed by atoms with Crippen molar-refractivity contribution in [2.45, 2.75) is 45.3 Å². The van der Waals surface area contributed by atoms with Crippen molar-refractivity contribution in [3.63, 3.8) is 0 Å². The second-order valence-corrected chi connectivity index (χ2v) is 5.99. The molecule has 106 valence electrons. The fourth-order valence-corrected chi connectivity index (χ4v) is 2.86. The number of nitrogens with two attached hydrogens (primary N) is 1. The Morgan fingerprint density at radius 3 is 2.53 bits per heavy atom. The molecule has 3 N–H and O–H groups in total. The van der Waals surface area contributed by atoms with Gasteiger partial charge in [-0.3, -0.25) is 0 Å². The molecule has 1 aromatic carbocycles. The van der Waals surface area contributed by atoms with Gasteiger partial charge in [0.05, 0.1) is 5.60 Å². The van der Waals surface area contributed by atoms with Gasteiger partial charge in [-0.25, -0.2) is 0 Å². The molecule has 1 aliphatic rings. The normalized spacial score (nSPS) is 24.6. The van der Waals surface area contributed by atoms with Crippen molar-refractivity contribution >= 4 is 0 Å². The van der Waals surface area contributed by atoms with Crippen LogP contribution in [0.1, 0.15) is 42.5 Å². The van der Waals surface area contributed by atoms with E-state index in [1.54, 1.807) is 0 Å². The van der Waals surface area contributed by atoms with E-state index in [1.165, 1.54) is 16.7 Å². The van der Waals surface area contributed by atoms with Crippen molar-refractivity contribution in [1.29, 1.82) is 0 Å². The van der Waals surface area contributed by atoms with E-state index in [0.717, 1.165) is 26.0 Å². The van der Waals surface area contributed by atoms with Crippen molar-refractivity contribution < 1.29 is 4.74 Å². The Morgan fingerprint density at radius 2 is 2.00 bits per heavy atom. The number of ether oxygens (including phenoxy) is 1. The molecule has 0 saturated carbocycles. The largest absolute Gasteiger partial charge is 0.374 e. The molecule has 0 aromatic heterocycles. The fraction of sp³-hybridized carbons (Fsp3) is 0.625. The molecule has 2 rings (SSSR count). The zero-order valence-corrected chi connectivity index (χ0v) is 12.3. The topological polar surface area (TPSA) is 47.3 Å². The van der Waals surface area contributed by atoms with Crippen LogP contribution in [-0.2, 0) is 4.74 Å². The molecule has 0 aliphatic carbocycles. The van der Waals surface area contributed by atoms with E-state index < -0.39 is 0 Å². The van der Waals surface area contributed by atoms with Crippen molar-refractivity contribution in [2.75, 3.05) is 19.7 Å². The van der Waals surface area contributed by atoms with Crippen molar-refractivity contribution in [3.05, 3.63) is 34.9 Å². The van der Waals surface area contributed by atoms with Gasteiger partial charge in [-0.15, -0.1) is 0 Å². The third kappa shape index (κ3) is 3.78. The molecule has 0 amide bonds. The number of hydrogen-bond donors (Lipinski definition) is 2. The lowest BCUT2D eigenvalue weighted by molar-refractivity contribution is 0.0189. The molecule has 1 saturated heterocycles. The van der Waals surface area contributed by atoms with Crippen LogP contribution < -0.4 is 11.1 Å². The zero-order chi connectivity index (χ0) is 13.9. The number of nitrogens with one attached hydrogen (secondary N) is 1. The molecule has 1 aromatic rings. The minimum absolute atomic E-state index is 0.0215. The molecule has 1 heterocycles. The lowest BCUT2D eigenvalue weighted by Crippen LogP contribution is -2.41. The quantitative estimate of drug-likeness (QED) is 0.857. The van der Waals surface area contributed by atoms with Gasteiger partial charge in [-0.2, -0.15) is 0 Å². The van der Waals surface area contributed by atoms with Crippen LogP contribution >= 0.6 is 0 Å². The van der Waals surface area contributed by atoms with E-state index >= 15 is 0 Å². The smallest absolute Gasteiger partial charge is 0.0779 e. The molecule has 0 spiro atoms. The van der Waals surface area contributed by atoms with E-state index in [0.29, 0.717) is 6.54 Å². The molecule has 1 fully saturated rings. The predicted octanol–water partition coefficient (Wildman–Crippen LogP) is 2.46. The van der Waals surface area contributed by atoms with Gasteiger partial charge in [0, 0.05) is 25.7 Å². The Morgan fingerprint density at radius 1 is 1.32 bits per heavy atom. The maximum absolute atomic E-state index is 5.93. The van der Waals surface area contributed by atoms with Gasteiger partial charge in [-0.05, 0) is 39.2 Å². The van der Waals surface area contributed by atoms with Gasteiger partial charge in [0.15, 0.2) is 0 Å². The fourth-order valence-electron chi connectivity index (χ4n) is 2.86. The highest BCUT2D eigenvalue weighted by atomic mass is 16.5. The average Bonchev–Trinajstić information content (AvgIpc) is 2.76. The van der Waals surface area contributed by atoms with E-state index in [1.807, 2.05) is 0 Å². The summed E-state index contributed by atoms with van der Waals surface area (Å²) in [5, 5.41) is 3.57.